The summed E-state index contributed by atoms with van der Waals surface area (Å²) in [6.45, 7) is 1.52. The average molecular weight is 171 g/mol. The van der Waals surface area contributed by atoms with Crippen molar-refractivity contribution in [3.8, 4) is 0 Å². The van der Waals surface area contributed by atoms with Crippen molar-refractivity contribution in [2.45, 2.75) is 19.2 Å². The number of alkyl halides is 3. The van der Waals surface area contributed by atoms with Crippen LogP contribution in [0.25, 0.3) is 0 Å². The van der Waals surface area contributed by atoms with Gasteiger partial charge in [-0.2, -0.15) is 13.2 Å². The molecule has 0 heterocycles. The maximum absolute atomic E-state index is 11.5. The van der Waals surface area contributed by atoms with Crippen LogP contribution in [-0.4, -0.2) is 29.8 Å². The highest BCUT2D eigenvalue weighted by Gasteiger charge is 2.43. The highest BCUT2D eigenvalue weighted by molar-refractivity contribution is 5.81. The van der Waals surface area contributed by atoms with E-state index in [0.717, 1.165) is 0 Å². The highest BCUT2D eigenvalue weighted by Crippen LogP contribution is 2.19. The molecule has 0 aromatic carbocycles. The molecule has 0 aliphatic rings. The first-order chi connectivity index (χ1) is 4.89. The average Bonchev–Trinajstić information content (AvgIpc) is 1.85. The van der Waals surface area contributed by atoms with Crippen molar-refractivity contribution in [3.63, 3.8) is 0 Å². The number of carbonyl (C=O) groups is 1. The topological polar surface area (TPSA) is 49.3 Å². The third-order valence-corrected chi connectivity index (χ3v) is 0.909. The molecule has 0 aromatic heterocycles. The van der Waals surface area contributed by atoms with Crippen LogP contribution in [0.5, 0.6) is 0 Å². The summed E-state index contributed by atoms with van der Waals surface area (Å²) >= 11 is 0. The molecule has 0 saturated carbocycles. The Morgan fingerprint density at radius 3 is 2.36 bits per heavy atom. The van der Waals surface area contributed by atoms with Crippen molar-refractivity contribution < 1.29 is 23.1 Å². The Kier molecular flexibility index (Phi) is 3.31. The van der Waals surface area contributed by atoms with E-state index in [4.69, 9.17) is 5.11 Å². The van der Waals surface area contributed by atoms with Crippen LogP contribution in [0.4, 0.5) is 13.2 Å². The Bertz CT molecular complexity index is 145. The van der Waals surface area contributed by atoms with Crippen LogP contribution < -0.4 is 5.32 Å². The first-order valence-corrected chi connectivity index (χ1v) is 2.92. The van der Waals surface area contributed by atoms with Gasteiger partial charge in [-0.05, 0) is 6.92 Å². The van der Waals surface area contributed by atoms with E-state index in [-0.39, 0.29) is 6.54 Å². The van der Waals surface area contributed by atoms with Crippen molar-refractivity contribution in [1.82, 2.24) is 5.32 Å². The van der Waals surface area contributed by atoms with Gasteiger partial charge in [-0.25, -0.2) is 0 Å². The van der Waals surface area contributed by atoms with E-state index >= 15 is 0 Å². The Morgan fingerprint density at radius 2 is 2.09 bits per heavy atom. The van der Waals surface area contributed by atoms with Gasteiger partial charge in [-0.15, -0.1) is 0 Å². The number of hydrogen-bond donors (Lipinski definition) is 2. The number of rotatable bonds is 2. The number of aliphatic hydroxyl groups is 1. The molecular formula is C5H8F3NO2. The maximum Gasteiger partial charge on any atom is 0.423 e. The fourth-order valence-electron chi connectivity index (χ4n) is 0.420. The summed E-state index contributed by atoms with van der Waals surface area (Å²) in [4.78, 5) is 10.3. The maximum atomic E-state index is 11.5. The number of amides is 1. The van der Waals surface area contributed by atoms with Gasteiger partial charge in [-0.1, -0.05) is 0 Å². The minimum absolute atomic E-state index is 0.0615. The molecule has 2 N–H and O–H groups in total. The van der Waals surface area contributed by atoms with E-state index in [1.165, 1.54) is 6.92 Å². The molecule has 66 valence electrons. The van der Waals surface area contributed by atoms with Crippen molar-refractivity contribution in [2.24, 2.45) is 0 Å². The zero-order valence-corrected chi connectivity index (χ0v) is 5.77. The molecular weight excluding hydrogens is 163 g/mol. The molecule has 0 bridgehead atoms. The summed E-state index contributed by atoms with van der Waals surface area (Å²) in [6, 6.07) is 0. The second-order valence-corrected chi connectivity index (χ2v) is 1.84. The van der Waals surface area contributed by atoms with Gasteiger partial charge in [-0.3, -0.25) is 4.79 Å². The summed E-state index contributed by atoms with van der Waals surface area (Å²) in [5.41, 5.74) is 0. The summed E-state index contributed by atoms with van der Waals surface area (Å²) in [5.74, 6) is -1.42. The molecule has 0 radical (unpaired) electrons. The lowest BCUT2D eigenvalue weighted by atomic mass is 10.3. The van der Waals surface area contributed by atoms with Crippen LogP contribution in [0.2, 0.25) is 0 Å². The fraction of sp³-hybridized carbons (Fsp3) is 0.800. The number of nitrogens with one attached hydrogen (secondary N) is 1. The fourth-order valence-corrected chi connectivity index (χ4v) is 0.420. The lowest BCUT2D eigenvalue weighted by Crippen LogP contribution is -2.43. The highest BCUT2D eigenvalue weighted by atomic mass is 19.4. The zero-order chi connectivity index (χ0) is 9.07. The Hall–Kier alpha value is -0.780. The normalized spacial score (nSPS) is 14.3. The number of halogens is 3. The summed E-state index contributed by atoms with van der Waals surface area (Å²) in [5, 5.41) is 10.1. The molecule has 0 fully saturated rings. The standard InChI is InChI=1S/C5H8F3NO2/c1-2-9-4(11)3(10)5(6,7)8/h3,10H,2H2,1H3,(H,9,11). The van der Waals surface area contributed by atoms with Crippen LogP contribution in [0.3, 0.4) is 0 Å². The van der Waals surface area contributed by atoms with Crippen LogP contribution in [-0.2, 0) is 4.79 Å². The van der Waals surface area contributed by atoms with Gasteiger partial charge in [0, 0.05) is 6.54 Å². The van der Waals surface area contributed by atoms with Crippen molar-refractivity contribution in [3.05, 3.63) is 0 Å². The molecule has 0 rings (SSSR count). The van der Waals surface area contributed by atoms with Crippen LogP contribution in [0.1, 0.15) is 6.92 Å². The largest absolute Gasteiger partial charge is 0.423 e. The first-order valence-electron chi connectivity index (χ1n) is 2.92. The molecule has 1 unspecified atom stereocenters. The third-order valence-electron chi connectivity index (χ3n) is 0.909. The van der Waals surface area contributed by atoms with Crippen LogP contribution in [0, 0.1) is 0 Å². The van der Waals surface area contributed by atoms with Gasteiger partial charge in [0.25, 0.3) is 5.91 Å². The van der Waals surface area contributed by atoms with Gasteiger partial charge in [0.15, 0.2) is 0 Å². The predicted octanol–water partition coefficient (Wildman–Crippen LogP) is 0.0457. The second-order valence-electron chi connectivity index (χ2n) is 1.84. The SMILES string of the molecule is CCNC(=O)C(O)C(F)(F)F. The monoisotopic (exact) mass is 171 g/mol. The van der Waals surface area contributed by atoms with Gasteiger partial charge >= 0.3 is 6.18 Å². The van der Waals surface area contributed by atoms with Gasteiger partial charge < -0.3 is 10.4 Å². The molecule has 1 atom stereocenters. The second kappa shape index (κ2) is 3.56. The molecule has 1 amide bonds. The van der Waals surface area contributed by atoms with Gasteiger partial charge in [0.05, 0.1) is 0 Å². The van der Waals surface area contributed by atoms with Crippen molar-refractivity contribution in [2.75, 3.05) is 6.54 Å². The van der Waals surface area contributed by atoms with Crippen LogP contribution in [0.15, 0.2) is 0 Å². The van der Waals surface area contributed by atoms with Gasteiger partial charge in [0.1, 0.15) is 0 Å². The molecule has 0 spiro atoms. The molecule has 6 heteroatoms. The Balaban J connectivity index is 4.03. The summed E-state index contributed by atoms with van der Waals surface area (Å²) in [7, 11) is 0. The van der Waals surface area contributed by atoms with Gasteiger partial charge in [0.2, 0.25) is 6.10 Å². The number of hydrogen-bond acceptors (Lipinski definition) is 2. The molecule has 0 aromatic rings. The predicted molar refractivity (Wildman–Crippen MR) is 30.7 cm³/mol. The number of carbonyl (C=O) groups excluding carboxylic acids is 1. The lowest BCUT2D eigenvalue weighted by Gasteiger charge is -2.12. The minimum Gasteiger partial charge on any atom is -0.376 e. The smallest absolute Gasteiger partial charge is 0.376 e. The third kappa shape index (κ3) is 3.22. The molecule has 3 nitrogen and oxygen atoms in total. The minimum atomic E-state index is -4.88. The quantitative estimate of drug-likeness (QED) is 0.616. The van der Waals surface area contributed by atoms with E-state index in [0.29, 0.717) is 0 Å². The molecule has 0 aliphatic carbocycles. The lowest BCUT2D eigenvalue weighted by molar-refractivity contribution is -0.204. The van der Waals surface area contributed by atoms with Crippen molar-refractivity contribution >= 4 is 5.91 Å². The van der Waals surface area contributed by atoms with E-state index < -0.39 is 18.2 Å². The zero-order valence-electron chi connectivity index (χ0n) is 5.77. The van der Waals surface area contributed by atoms with Crippen molar-refractivity contribution in [1.29, 1.82) is 0 Å². The van der Waals surface area contributed by atoms with E-state index in [1.54, 1.807) is 0 Å². The Labute approximate surface area is 61.2 Å². The Morgan fingerprint density at radius 1 is 1.64 bits per heavy atom. The van der Waals surface area contributed by atoms with E-state index in [2.05, 4.69) is 0 Å². The molecule has 0 aliphatic heterocycles. The number of aliphatic hydroxyl groups excluding tert-OH is 1. The first kappa shape index (κ1) is 10.2. The van der Waals surface area contributed by atoms with E-state index in [1.807, 2.05) is 5.32 Å². The number of likely N-dealkylation sites (N-methyl/N-ethyl adjacent to an activating group) is 1. The van der Waals surface area contributed by atoms with E-state index in [9.17, 15) is 18.0 Å². The molecule has 11 heavy (non-hydrogen) atoms. The van der Waals surface area contributed by atoms with Crippen LogP contribution >= 0.6 is 0 Å². The summed E-state index contributed by atoms with van der Waals surface area (Å²) < 4.78 is 34.5. The summed E-state index contributed by atoms with van der Waals surface area (Å²) in [6.07, 6.45) is -7.79. The molecule has 0 saturated heterocycles.